The number of carboxylic acids is 1. The van der Waals surface area contributed by atoms with Crippen LogP contribution < -0.4 is 0 Å². The van der Waals surface area contributed by atoms with E-state index in [1.54, 1.807) is 11.9 Å². The van der Waals surface area contributed by atoms with Crippen LogP contribution in [-0.2, 0) is 16.1 Å². The second-order valence-corrected chi connectivity index (χ2v) is 6.46. The van der Waals surface area contributed by atoms with E-state index >= 15 is 0 Å². The summed E-state index contributed by atoms with van der Waals surface area (Å²) in [6.45, 7) is 4.61. The number of carboxylic acid groups (broad SMARTS) is 1. The third-order valence-electron chi connectivity index (χ3n) is 4.69. The molecule has 120 valence electrons. The fourth-order valence-corrected chi connectivity index (χ4v) is 3.31. The van der Waals surface area contributed by atoms with Gasteiger partial charge in [0.15, 0.2) is 0 Å². The van der Waals surface area contributed by atoms with Gasteiger partial charge in [-0.3, -0.25) is 9.59 Å². The number of rotatable bonds is 4. The summed E-state index contributed by atoms with van der Waals surface area (Å²) >= 11 is 0. The van der Waals surface area contributed by atoms with Crippen molar-refractivity contribution in [1.82, 2.24) is 4.90 Å². The average Bonchev–Trinajstić information content (AvgIpc) is 2.50. The molecule has 0 aliphatic heterocycles. The number of benzene rings is 1. The number of hydrogen-bond acceptors (Lipinski definition) is 2. The predicted molar refractivity (Wildman–Crippen MR) is 85.5 cm³/mol. The molecule has 4 heteroatoms. The molecule has 4 nitrogen and oxygen atoms in total. The van der Waals surface area contributed by atoms with Crippen molar-refractivity contribution in [3.63, 3.8) is 0 Å². The summed E-state index contributed by atoms with van der Waals surface area (Å²) in [6.07, 6.45) is 3.15. The Hall–Kier alpha value is -1.84. The first kappa shape index (κ1) is 16.5. The summed E-state index contributed by atoms with van der Waals surface area (Å²) in [7, 11) is 1.78. The second-order valence-electron chi connectivity index (χ2n) is 6.46. The molecule has 0 unspecified atom stereocenters. The molecule has 0 radical (unpaired) electrons. The molecule has 1 aliphatic carbocycles. The molecule has 0 bridgehead atoms. The van der Waals surface area contributed by atoms with E-state index in [0.717, 1.165) is 24.0 Å². The number of aryl methyl sites for hydroxylation is 2. The van der Waals surface area contributed by atoms with E-state index in [0.29, 0.717) is 19.4 Å². The van der Waals surface area contributed by atoms with Gasteiger partial charge in [0.25, 0.3) is 0 Å². The van der Waals surface area contributed by atoms with E-state index in [4.69, 9.17) is 0 Å². The van der Waals surface area contributed by atoms with Gasteiger partial charge in [0, 0.05) is 13.6 Å². The van der Waals surface area contributed by atoms with Crippen molar-refractivity contribution in [2.45, 2.75) is 46.1 Å². The molecule has 1 saturated carbocycles. The summed E-state index contributed by atoms with van der Waals surface area (Å²) in [5, 5.41) is 9.34. The molecule has 1 aliphatic rings. The maximum Gasteiger partial charge on any atom is 0.307 e. The van der Waals surface area contributed by atoms with Crippen LogP contribution in [0.25, 0.3) is 0 Å². The summed E-state index contributed by atoms with van der Waals surface area (Å²) in [5.74, 6) is -1.77. The number of nitrogens with zero attached hydrogens (tertiary/aromatic N) is 1. The normalized spacial score (nSPS) is 21.4. The highest BCUT2D eigenvalue weighted by Crippen LogP contribution is 2.32. The molecule has 22 heavy (non-hydrogen) atoms. The van der Waals surface area contributed by atoms with Crippen molar-refractivity contribution in [3.05, 3.63) is 34.9 Å². The van der Waals surface area contributed by atoms with Gasteiger partial charge in [0.1, 0.15) is 0 Å². The Labute approximate surface area is 132 Å². The van der Waals surface area contributed by atoms with Crippen LogP contribution in [0.15, 0.2) is 18.2 Å². The lowest BCUT2D eigenvalue weighted by molar-refractivity contribution is -0.152. The van der Waals surface area contributed by atoms with Crippen LogP contribution in [0.1, 0.15) is 42.4 Å². The molecule has 0 aromatic heterocycles. The number of carbonyl (C=O) groups excluding carboxylic acids is 1. The van der Waals surface area contributed by atoms with Crippen molar-refractivity contribution >= 4 is 11.9 Å². The first-order valence-corrected chi connectivity index (χ1v) is 7.94. The minimum atomic E-state index is -0.835. The third kappa shape index (κ3) is 3.67. The second kappa shape index (κ2) is 6.95. The summed E-state index contributed by atoms with van der Waals surface area (Å²) in [6, 6.07) is 6.21. The smallest absolute Gasteiger partial charge is 0.307 e. The van der Waals surface area contributed by atoms with E-state index in [9.17, 15) is 14.7 Å². The Balaban J connectivity index is 2.10. The molecular weight excluding hydrogens is 278 g/mol. The molecule has 1 N–H and O–H groups in total. The zero-order valence-corrected chi connectivity index (χ0v) is 13.6. The van der Waals surface area contributed by atoms with Crippen LogP contribution in [0, 0.1) is 25.7 Å². The van der Waals surface area contributed by atoms with Crippen LogP contribution >= 0.6 is 0 Å². The average molecular weight is 303 g/mol. The maximum atomic E-state index is 12.7. The minimum absolute atomic E-state index is 0.0343. The number of hydrogen-bond donors (Lipinski definition) is 1. The zero-order chi connectivity index (χ0) is 16.3. The zero-order valence-electron chi connectivity index (χ0n) is 13.6. The highest BCUT2D eigenvalue weighted by molar-refractivity contribution is 5.84. The van der Waals surface area contributed by atoms with Crippen molar-refractivity contribution < 1.29 is 14.7 Å². The van der Waals surface area contributed by atoms with Gasteiger partial charge in [-0.1, -0.05) is 36.6 Å². The van der Waals surface area contributed by atoms with Crippen molar-refractivity contribution in [1.29, 1.82) is 0 Å². The van der Waals surface area contributed by atoms with Gasteiger partial charge in [0.05, 0.1) is 11.8 Å². The SMILES string of the molecule is Cc1ccc(C)c(CN(C)C(=O)[C@@H]2CCCC[C@@H]2C(=O)O)c1. The lowest BCUT2D eigenvalue weighted by Gasteiger charge is -2.31. The van der Waals surface area contributed by atoms with Crippen LogP contribution in [0.2, 0.25) is 0 Å². The largest absolute Gasteiger partial charge is 0.481 e. The quantitative estimate of drug-likeness (QED) is 0.929. The van der Waals surface area contributed by atoms with Gasteiger partial charge < -0.3 is 10.0 Å². The summed E-state index contributed by atoms with van der Waals surface area (Å²) in [4.78, 5) is 25.7. The van der Waals surface area contributed by atoms with Crippen LogP contribution in [0.3, 0.4) is 0 Å². The number of amides is 1. The molecule has 0 heterocycles. The molecule has 2 rings (SSSR count). The molecule has 1 fully saturated rings. The van der Waals surface area contributed by atoms with Crippen molar-refractivity contribution in [3.8, 4) is 0 Å². The molecular formula is C18H25NO3. The highest BCUT2D eigenvalue weighted by atomic mass is 16.4. The predicted octanol–water partition coefficient (Wildman–Crippen LogP) is 3.15. The fraction of sp³-hybridized carbons (Fsp3) is 0.556. The van der Waals surface area contributed by atoms with E-state index < -0.39 is 11.9 Å². The topological polar surface area (TPSA) is 57.6 Å². The first-order valence-electron chi connectivity index (χ1n) is 7.94. The molecule has 0 spiro atoms. The molecule has 0 saturated heterocycles. The highest BCUT2D eigenvalue weighted by Gasteiger charge is 2.37. The van der Waals surface area contributed by atoms with E-state index in [1.165, 1.54) is 5.56 Å². The van der Waals surface area contributed by atoms with E-state index in [2.05, 4.69) is 18.2 Å². The van der Waals surface area contributed by atoms with E-state index in [1.807, 2.05) is 13.8 Å². The van der Waals surface area contributed by atoms with Crippen molar-refractivity contribution in [2.75, 3.05) is 7.05 Å². The lowest BCUT2D eigenvalue weighted by atomic mass is 9.78. The maximum absolute atomic E-state index is 12.7. The summed E-state index contributed by atoms with van der Waals surface area (Å²) in [5.41, 5.74) is 3.45. The Kier molecular flexibility index (Phi) is 5.22. The fourth-order valence-electron chi connectivity index (χ4n) is 3.31. The van der Waals surface area contributed by atoms with E-state index in [-0.39, 0.29) is 11.8 Å². The van der Waals surface area contributed by atoms with Gasteiger partial charge >= 0.3 is 5.97 Å². The molecule has 1 amide bonds. The third-order valence-corrected chi connectivity index (χ3v) is 4.69. The van der Waals surface area contributed by atoms with Crippen LogP contribution in [-0.4, -0.2) is 28.9 Å². The van der Waals surface area contributed by atoms with Gasteiger partial charge in [0.2, 0.25) is 5.91 Å². The monoisotopic (exact) mass is 303 g/mol. The molecule has 1 aromatic rings. The van der Waals surface area contributed by atoms with Crippen LogP contribution in [0.5, 0.6) is 0 Å². The standard InChI is InChI=1S/C18H25NO3/c1-12-8-9-13(2)14(10-12)11-19(3)17(20)15-6-4-5-7-16(15)18(21)22/h8-10,15-16H,4-7,11H2,1-3H3,(H,21,22)/t15-,16+/m1/s1. The Morgan fingerprint density at radius 3 is 2.45 bits per heavy atom. The number of carbonyl (C=O) groups is 2. The summed E-state index contributed by atoms with van der Waals surface area (Å²) < 4.78 is 0. The van der Waals surface area contributed by atoms with Crippen molar-refractivity contribution in [2.24, 2.45) is 11.8 Å². The lowest BCUT2D eigenvalue weighted by Crippen LogP contribution is -2.40. The molecule has 2 atom stereocenters. The van der Waals surface area contributed by atoms with Gasteiger partial charge in [-0.05, 0) is 37.8 Å². The van der Waals surface area contributed by atoms with Gasteiger partial charge in [-0.25, -0.2) is 0 Å². The molecule has 1 aromatic carbocycles. The van der Waals surface area contributed by atoms with Crippen LogP contribution in [0.4, 0.5) is 0 Å². The van der Waals surface area contributed by atoms with Gasteiger partial charge in [-0.15, -0.1) is 0 Å². The Morgan fingerprint density at radius 2 is 1.82 bits per heavy atom. The number of aliphatic carboxylic acids is 1. The van der Waals surface area contributed by atoms with Gasteiger partial charge in [-0.2, -0.15) is 0 Å². The Bertz CT molecular complexity index is 567. The minimum Gasteiger partial charge on any atom is -0.481 e. The Morgan fingerprint density at radius 1 is 1.18 bits per heavy atom. The first-order chi connectivity index (χ1) is 10.4.